The Hall–Kier alpha value is -0.570. The Labute approximate surface area is 138 Å². The number of carbonyl (C=O) groups excluding carboxylic acids is 1. The Morgan fingerprint density at radius 2 is 2.05 bits per heavy atom. The number of amides is 1. The van der Waals surface area contributed by atoms with Crippen molar-refractivity contribution in [3.05, 3.63) is 0 Å². The van der Waals surface area contributed by atoms with Crippen molar-refractivity contribution in [1.82, 2.24) is 16.0 Å². The molecule has 7 heteroatoms. The second-order valence-electron chi connectivity index (χ2n) is 5.74. The molecule has 20 heavy (non-hydrogen) atoms. The molecule has 1 amide bonds. The molecule has 1 saturated heterocycles. The standard InChI is InChI=1S/C13H26N4O2.HI/c1-13(2,3)17-11(18)9-16-12(14-4)15-8-10-6-5-7-19-10;/h10H,5-9H2,1-4H3,(H,17,18)(H2,14,15,16);1H. The normalized spacial score (nSPS) is 19.2. The summed E-state index contributed by atoms with van der Waals surface area (Å²) in [7, 11) is 1.69. The van der Waals surface area contributed by atoms with Crippen LogP contribution in [-0.2, 0) is 9.53 Å². The maximum atomic E-state index is 11.7. The van der Waals surface area contributed by atoms with E-state index in [4.69, 9.17) is 4.74 Å². The van der Waals surface area contributed by atoms with Gasteiger partial charge in [-0.3, -0.25) is 9.79 Å². The minimum Gasteiger partial charge on any atom is -0.376 e. The third-order valence-corrected chi connectivity index (χ3v) is 2.68. The van der Waals surface area contributed by atoms with Gasteiger partial charge in [0.15, 0.2) is 5.96 Å². The van der Waals surface area contributed by atoms with Crippen LogP contribution in [0.1, 0.15) is 33.6 Å². The molecular weight excluding hydrogens is 371 g/mol. The van der Waals surface area contributed by atoms with Crippen molar-refractivity contribution in [2.24, 2.45) is 4.99 Å². The summed E-state index contributed by atoms with van der Waals surface area (Å²) in [6.07, 6.45) is 2.45. The highest BCUT2D eigenvalue weighted by molar-refractivity contribution is 14.0. The Morgan fingerprint density at radius 3 is 2.55 bits per heavy atom. The average Bonchev–Trinajstić information content (AvgIpc) is 2.80. The van der Waals surface area contributed by atoms with Gasteiger partial charge in [-0.2, -0.15) is 0 Å². The van der Waals surface area contributed by atoms with Gasteiger partial charge in [0.25, 0.3) is 0 Å². The highest BCUT2D eigenvalue weighted by Crippen LogP contribution is 2.10. The van der Waals surface area contributed by atoms with Crippen molar-refractivity contribution in [3.63, 3.8) is 0 Å². The lowest BCUT2D eigenvalue weighted by Crippen LogP contribution is -2.49. The third kappa shape index (κ3) is 8.57. The van der Waals surface area contributed by atoms with Crippen LogP contribution in [0.15, 0.2) is 4.99 Å². The van der Waals surface area contributed by atoms with Gasteiger partial charge in [0, 0.05) is 25.7 Å². The van der Waals surface area contributed by atoms with Gasteiger partial charge in [-0.05, 0) is 33.6 Å². The van der Waals surface area contributed by atoms with E-state index in [1.165, 1.54) is 0 Å². The third-order valence-electron chi connectivity index (χ3n) is 2.68. The van der Waals surface area contributed by atoms with E-state index in [9.17, 15) is 4.79 Å². The van der Waals surface area contributed by atoms with Crippen molar-refractivity contribution < 1.29 is 9.53 Å². The summed E-state index contributed by atoms with van der Waals surface area (Å²) in [6, 6.07) is 0. The molecule has 1 fully saturated rings. The number of guanidine groups is 1. The Balaban J connectivity index is 0.00000361. The van der Waals surface area contributed by atoms with E-state index in [0.29, 0.717) is 5.96 Å². The molecule has 0 aromatic carbocycles. The zero-order valence-corrected chi connectivity index (χ0v) is 15.1. The molecule has 118 valence electrons. The van der Waals surface area contributed by atoms with E-state index >= 15 is 0 Å². The number of ether oxygens (including phenoxy) is 1. The van der Waals surface area contributed by atoms with Crippen LogP contribution >= 0.6 is 24.0 Å². The fourth-order valence-electron chi connectivity index (χ4n) is 1.86. The minimum absolute atomic E-state index is 0. The monoisotopic (exact) mass is 398 g/mol. The van der Waals surface area contributed by atoms with Crippen molar-refractivity contribution in [1.29, 1.82) is 0 Å². The van der Waals surface area contributed by atoms with Gasteiger partial charge in [-0.25, -0.2) is 0 Å². The zero-order valence-electron chi connectivity index (χ0n) is 12.8. The van der Waals surface area contributed by atoms with E-state index in [-0.39, 0.29) is 48.1 Å². The molecule has 0 saturated carbocycles. The molecule has 3 N–H and O–H groups in total. The molecule has 0 spiro atoms. The lowest BCUT2D eigenvalue weighted by molar-refractivity contribution is -0.121. The summed E-state index contributed by atoms with van der Waals surface area (Å²) in [5, 5.41) is 9.04. The number of nitrogens with zero attached hydrogens (tertiary/aromatic N) is 1. The van der Waals surface area contributed by atoms with Gasteiger partial charge >= 0.3 is 0 Å². The Bertz CT molecular complexity index is 323. The average molecular weight is 398 g/mol. The molecule has 1 atom stereocenters. The SMILES string of the molecule is CN=C(NCC(=O)NC(C)(C)C)NCC1CCCO1.I. The van der Waals surface area contributed by atoms with Gasteiger partial charge in [-0.15, -0.1) is 24.0 Å². The van der Waals surface area contributed by atoms with E-state index in [1.807, 2.05) is 20.8 Å². The maximum Gasteiger partial charge on any atom is 0.239 e. The van der Waals surface area contributed by atoms with Crippen LogP contribution < -0.4 is 16.0 Å². The molecule has 0 aromatic rings. The second-order valence-corrected chi connectivity index (χ2v) is 5.74. The summed E-state index contributed by atoms with van der Waals surface area (Å²) >= 11 is 0. The molecule has 1 rings (SSSR count). The van der Waals surface area contributed by atoms with Gasteiger partial charge < -0.3 is 20.7 Å². The molecule has 1 aliphatic heterocycles. The van der Waals surface area contributed by atoms with Crippen LogP contribution in [-0.4, -0.2) is 50.3 Å². The van der Waals surface area contributed by atoms with Crippen LogP contribution in [0, 0.1) is 0 Å². The van der Waals surface area contributed by atoms with Crippen LogP contribution in [0.25, 0.3) is 0 Å². The number of hydrogen-bond acceptors (Lipinski definition) is 3. The predicted molar refractivity (Wildman–Crippen MR) is 91.6 cm³/mol. The number of aliphatic imine (C=N–C) groups is 1. The molecular formula is C13H27IN4O2. The quantitative estimate of drug-likeness (QED) is 0.373. The zero-order chi connectivity index (χ0) is 14.3. The number of hydrogen-bond donors (Lipinski definition) is 3. The topological polar surface area (TPSA) is 74.8 Å². The molecule has 1 unspecified atom stereocenters. The first-order valence-electron chi connectivity index (χ1n) is 6.78. The fraction of sp³-hybridized carbons (Fsp3) is 0.846. The van der Waals surface area contributed by atoms with E-state index in [1.54, 1.807) is 7.05 Å². The summed E-state index contributed by atoms with van der Waals surface area (Å²) in [5.41, 5.74) is -0.215. The summed E-state index contributed by atoms with van der Waals surface area (Å²) in [4.78, 5) is 15.7. The number of carbonyl (C=O) groups is 1. The maximum absolute atomic E-state index is 11.7. The summed E-state index contributed by atoms with van der Waals surface area (Å²) < 4.78 is 5.51. The number of nitrogens with one attached hydrogen (secondary N) is 3. The molecule has 1 heterocycles. The predicted octanol–water partition coefficient (Wildman–Crippen LogP) is 0.863. The first kappa shape index (κ1) is 19.4. The lowest BCUT2D eigenvalue weighted by atomic mass is 10.1. The van der Waals surface area contributed by atoms with Gasteiger partial charge in [0.05, 0.1) is 12.6 Å². The Morgan fingerprint density at radius 1 is 1.35 bits per heavy atom. The van der Waals surface area contributed by atoms with E-state index < -0.39 is 0 Å². The number of halogens is 1. The van der Waals surface area contributed by atoms with Crippen molar-refractivity contribution >= 4 is 35.8 Å². The van der Waals surface area contributed by atoms with Gasteiger partial charge in [-0.1, -0.05) is 0 Å². The van der Waals surface area contributed by atoms with Crippen molar-refractivity contribution in [3.8, 4) is 0 Å². The van der Waals surface area contributed by atoms with Crippen molar-refractivity contribution in [2.75, 3.05) is 26.7 Å². The number of rotatable bonds is 4. The summed E-state index contributed by atoms with van der Waals surface area (Å²) in [6.45, 7) is 7.63. The highest BCUT2D eigenvalue weighted by atomic mass is 127. The van der Waals surface area contributed by atoms with Gasteiger partial charge in [0.2, 0.25) is 5.91 Å². The van der Waals surface area contributed by atoms with Crippen molar-refractivity contribution in [2.45, 2.75) is 45.3 Å². The molecule has 0 aliphatic carbocycles. The first-order chi connectivity index (χ1) is 8.90. The minimum atomic E-state index is -0.215. The molecule has 6 nitrogen and oxygen atoms in total. The molecule has 1 aliphatic rings. The van der Waals surface area contributed by atoms with E-state index in [2.05, 4.69) is 20.9 Å². The first-order valence-corrected chi connectivity index (χ1v) is 6.78. The van der Waals surface area contributed by atoms with Gasteiger partial charge in [0.1, 0.15) is 0 Å². The Kier molecular flexibility index (Phi) is 9.11. The van der Waals surface area contributed by atoms with E-state index in [0.717, 1.165) is 26.0 Å². The fourth-order valence-corrected chi connectivity index (χ4v) is 1.86. The largest absolute Gasteiger partial charge is 0.376 e. The van der Waals surface area contributed by atoms with Crippen LogP contribution in [0.4, 0.5) is 0 Å². The second kappa shape index (κ2) is 9.38. The van der Waals surface area contributed by atoms with Crippen LogP contribution in [0.3, 0.4) is 0 Å². The summed E-state index contributed by atoms with van der Waals surface area (Å²) in [5.74, 6) is 0.576. The smallest absolute Gasteiger partial charge is 0.239 e. The van der Waals surface area contributed by atoms with Crippen LogP contribution in [0.2, 0.25) is 0 Å². The lowest BCUT2D eigenvalue weighted by Gasteiger charge is -2.21. The molecule has 0 aromatic heterocycles. The molecule has 0 bridgehead atoms. The molecule has 0 radical (unpaired) electrons. The van der Waals surface area contributed by atoms with Crippen LogP contribution in [0.5, 0.6) is 0 Å². The highest BCUT2D eigenvalue weighted by Gasteiger charge is 2.16.